The van der Waals surface area contributed by atoms with Crippen molar-refractivity contribution in [1.29, 1.82) is 0 Å². The van der Waals surface area contributed by atoms with Gasteiger partial charge in [-0.15, -0.1) is 0 Å². The first-order chi connectivity index (χ1) is 8.24. The average Bonchev–Trinajstić information content (AvgIpc) is 2.39. The van der Waals surface area contributed by atoms with Gasteiger partial charge >= 0.3 is 0 Å². The van der Waals surface area contributed by atoms with E-state index in [0.717, 1.165) is 37.7 Å². The van der Waals surface area contributed by atoms with Gasteiger partial charge in [-0.1, -0.05) is 11.6 Å². The van der Waals surface area contributed by atoms with Crippen LogP contribution in [-0.2, 0) is 4.79 Å². The van der Waals surface area contributed by atoms with Gasteiger partial charge in [-0.2, -0.15) is 0 Å². The summed E-state index contributed by atoms with van der Waals surface area (Å²) < 4.78 is 5.08. The summed E-state index contributed by atoms with van der Waals surface area (Å²) in [6.07, 6.45) is 5.02. The van der Waals surface area contributed by atoms with E-state index in [4.69, 9.17) is 16.3 Å². The molecule has 1 aromatic rings. The van der Waals surface area contributed by atoms with Gasteiger partial charge in [-0.3, -0.25) is 0 Å². The van der Waals surface area contributed by atoms with Gasteiger partial charge in [0, 0.05) is 17.5 Å². The van der Waals surface area contributed by atoms with Gasteiger partial charge in [0.05, 0.1) is 7.11 Å². The van der Waals surface area contributed by atoms with Crippen LogP contribution in [0.4, 0.5) is 0 Å². The Labute approximate surface area is 106 Å². The maximum Gasteiger partial charge on any atom is 0.171 e. The number of aldehydes is 1. The molecule has 1 fully saturated rings. The van der Waals surface area contributed by atoms with Crippen molar-refractivity contribution in [2.75, 3.05) is 7.11 Å². The normalized spacial score (nSPS) is 24.4. The van der Waals surface area contributed by atoms with Crippen molar-refractivity contribution in [1.82, 2.24) is 4.98 Å². The number of rotatable bonds is 3. The van der Waals surface area contributed by atoms with Crippen LogP contribution in [0, 0.1) is 5.92 Å². The lowest BCUT2D eigenvalue weighted by molar-refractivity contribution is -0.111. The van der Waals surface area contributed by atoms with E-state index in [0.29, 0.717) is 16.8 Å². The summed E-state index contributed by atoms with van der Waals surface area (Å²) in [7, 11) is 1.58. The molecule has 1 saturated carbocycles. The van der Waals surface area contributed by atoms with Crippen LogP contribution in [-0.4, -0.2) is 18.4 Å². The Kier molecular flexibility index (Phi) is 4.00. The number of hydrogen-bond acceptors (Lipinski definition) is 3. The van der Waals surface area contributed by atoms with E-state index in [2.05, 4.69) is 4.98 Å². The molecule has 1 aromatic heterocycles. The summed E-state index contributed by atoms with van der Waals surface area (Å²) in [6.45, 7) is 0. The Balaban J connectivity index is 2.08. The van der Waals surface area contributed by atoms with Gasteiger partial charge in [0.25, 0.3) is 0 Å². The second-order valence-corrected chi connectivity index (χ2v) is 4.83. The molecule has 4 heteroatoms. The van der Waals surface area contributed by atoms with Gasteiger partial charge in [-0.05, 0) is 37.8 Å². The molecule has 0 spiro atoms. The number of halogens is 1. The van der Waals surface area contributed by atoms with Crippen molar-refractivity contribution in [3.8, 4) is 5.75 Å². The highest BCUT2D eigenvalue weighted by atomic mass is 35.5. The first-order valence-corrected chi connectivity index (χ1v) is 6.28. The first kappa shape index (κ1) is 12.4. The molecule has 17 heavy (non-hydrogen) atoms. The third-order valence-corrected chi connectivity index (χ3v) is 3.71. The Morgan fingerprint density at radius 2 is 2.06 bits per heavy atom. The molecule has 0 radical (unpaired) electrons. The summed E-state index contributed by atoms with van der Waals surface area (Å²) in [4.78, 5) is 15.1. The average molecular weight is 254 g/mol. The standard InChI is InChI=1S/C13H16ClNO2/c1-17-12-7-6-11(15-13(12)14)10-4-2-9(8-16)3-5-10/h6-10H,2-5H2,1H3/t9-,10-. The summed E-state index contributed by atoms with van der Waals surface area (Å²) in [5, 5.41) is 0.419. The third kappa shape index (κ3) is 2.78. The number of carbonyl (C=O) groups is 1. The van der Waals surface area contributed by atoms with Gasteiger partial charge in [-0.25, -0.2) is 4.98 Å². The highest BCUT2D eigenvalue weighted by molar-refractivity contribution is 6.30. The van der Waals surface area contributed by atoms with E-state index in [1.165, 1.54) is 0 Å². The van der Waals surface area contributed by atoms with Crippen molar-refractivity contribution in [3.05, 3.63) is 23.0 Å². The number of aromatic nitrogens is 1. The lowest BCUT2D eigenvalue weighted by Gasteiger charge is -2.25. The van der Waals surface area contributed by atoms with Crippen LogP contribution < -0.4 is 4.74 Å². The molecule has 3 nitrogen and oxygen atoms in total. The molecule has 0 atom stereocenters. The minimum absolute atomic E-state index is 0.236. The molecule has 1 aliphatic carbocycles. The lowest BCUT2D eigenvalue weighted by atomic mass is 9.81. The van der Waals surface area contributed by atoms with Crippen molar-refractivity contribution >= 4 is 17.9 Å². The molecule has 92 valence electrons. The summed E-state index contributed by atoms with van der Waals surface area (Å²) in [5.41, 5.74) is 1.01. The fraction of sp³-hybridized carbons (Fsp3) is 0.538. The van der Waals surface area contributed by atoms with Crippen LogP contribution in [0.3, 0.4) is 0 Å². The molecule has 0 amide bonds. The van der Waals surface area contributed by atoms with Crippen molar-refractivity contribution in [3.63, 3.8) is 0 Å². The smallest absolute Gasteiger partial charge is 0.171 e. The minimum atomic E-state index is 0.236. The van der Waals surface area contributed by atoms with Crippen LogP contribution in [0.25, 0.3) is 0 Å². The zero-order chi connectivity index (χ0) is 12.3. The molecule has 0 aliphatic heterocycles. The Hall–Kier alpha value is -1.09. The number of hydrogen-bond donors (Lipinski definition) is 0. The lowest BCUT2D eigenvalue weighted by Crippen LogP contribution is -2.15. The van der Waals surface area contributed by atoms with Crippen LogP contribution >= 0.6 is 11.6 Å². The van der Waals surface area contributed by atoms with E-state index in [1.54, 1.807) is 7.11 Å². The number of pyridine rings is 1. The van der Waals surface area contributed by atoms with E-state index in [-0.39, 0.29) is 5.92 Å². The summed E-state index contributed by atoms with van der Waals surface area (Å²) in [5.74, 6) is 1.27. The summed E-state index contributed by atoms with van der Waals surface area (Å²) in [6, 6.07) is 3.83. The predicted octanol–water partition coefficient (Wildman–Crippen LogP) is 3.22. The van der Waals surface area contributed by atoms with E-state index >= 15 is 0 Å². The second-order valence-electron chi connectivity index (χ2n) is 4.48. The SMILES string of the molecule is COc1ccc([C@H]2CC[C@H](C=O)CC2)nc1Cl. The molecule has 0 saturated heterocycles. The van der Waals surface area contributed by atoms with Crippen LogP contribution in [0.15, 0.2) is 12.1 Å². The predicted molar refractivity (Wildman–Crippen MR) is 66.6 cm³/mol. The first-order valence-electron chi connectivity index (χ1n) is 5.90. The Bertz CT molecular complexity index is 400. The van der Waals surface area contributed by atoms with Gasteiger partial charge < -0.3 is 9.53 Å². The van der Waals surface area contributed by atoms with Crippen LogP contribution in [0.5, 0.6) is 5.75 Å². The second kappa shape index (κ2) is 5.50. The largest absolute Gasteiger partial charge is 0.494 e. The molecule has 0 N–H and O–H groups in total. The monoisotopic (exact) mass is 253 g/mol. The number of carbonyl (C=O) groups excluding carboxylic acids is 1. The maximum atomic E-state index is 10.7. The Morgan fingerprint density at radius 3 is 2.59 bits per heavy atom. The van der Waals surface area contributed by atoms with Crippen molar-refractivity contribution < 1.29 is 9.53 Å². The fourth-order valence-electron chi connectivity index (χ4n) is 2.37. The zero-order valence-electron chi connectivity index (χ0n) is 9.86. The zero-order valence-corrected chi connectivity index (χ0v) is 10.6. The number of methoxy groups -OCH3 is 1. The summed E-state index contributed by atoms with van der Waals surface area (Å²) >= 11 is 6.01. The van der Waals surface area contributed by atoms with Crippen LogP contribution in [0.1, 0.15) is 37.3 Å². The highest BCUT2D eigenvalue weighted by Crippen LogP contribution is 2.35. The Morgan fingerprint density at radius 1 is 1.35 bits per heavy atom. The highest BCUT2D eigenvalue weighted by Gasteiger charge is 2.23. The molecular formula is C13H16ClNO2. The van der Waals surface area contributed by atoms with E-state index < -0.39 is 0 Å². The molecule has 0 aromatic carbocycles. The minimum Gasteiger partial charge on any atom is -0.494 e. The third-order valence-electron chi connectivity index (χ3n) is 3.44. The van der Waals surface area contributed by atoms with E-state index in [9.17, 15) is 4.79 Å². The quantitative estimate of drug-likeness (QED) is 0.613. The fourth-order valence-corrected chi connectivity index (χ4v) is 2.60. The maximum absolute atomic E-state index is 10.7. The van der Waals surface area contributed by atoms with Gasteiger partial charge in [0.15, 0.2) is 10.9 Å². The van der Waals surface area contributed by atoms with Crippen molar-refractivity contribution in [2.24, 2.45) is 5.92 Å². The van der Waals surface area contributed by atoms with E-state index in [1.807, 2.05) is 12.1 Å². The number of nitrogens with zero attached hydrogens (tertiary/aromatic N) is 1. The molecule has 1 aliphatic rings. The molecular weight excluding hydrogens is 238 g/mol. The molecule has 1 heterocycles. The molecule has 2 rings (SSSR count). The molecule has 0 unspecified atom stereocenters. The number of ether oxygens (including phenoxy) is 1. The molecule has 0 bridgehead atoms. The van der Waals surface area contributed by atoms with Crippen molar-refractivity contribution in [2.45, 2.75) is 31.6 Å². The van der Waals surface area contributed by atoms with Crippen LogP contribution in [0.2, 0.25) is 5.15 Å². The van der Waals surface area contributed by atoms with Gasteiger partial charge in [0.1, 0.15) is 6.29 Å². The van der Waals surface area contributed by atoms with Gasteiger partial charge in [0.2, 0.25) is 0 Å². The topological polar surface area (TPSA) is 39.2 Å².